The zero-order valence-corrected chi connectivity index (χ0v) is 11.5. The van der Waals surface area contributed by atoms with Gasteiger partial charge in [-0.25, -0.2) is 0 Å². The van der Waals surface area contributed by atoms with E-state index in [2.05, 4.69) is 4.90 Å². The lowest BCUT2D eigenvalue weighted by Gasteiger charge is -2.18. The summed E-state index contributed by atoms with van der Waals surface area (Å²) in [5.41, 5.74) is 0.619. The lowest BCUT2D eigenvalue weighted by Crippen LogP contribution is -2.24. The number of benzene rings is 1. The fourth-order valence-electron chi connectivity index (χ4n) is 2.50. The van der Waals surface area contributed by atoms with E-state index in [-0.39, 0.29) is 17.7 Å². The molecule has 2 rings (SSSR count). The molecule has 2 unspecified atom stereocenters. The number of hydrogen-bond donors (Lipinski definition) is 1. The predicted molar refractivity (Wildman–Crippen MR) is 73.2 cm³/mol. The predicted octanol–water partition coefficient (Wildman–Crippen LogP) is 2.45. The van der Waals surface area contributed by atoms with Crippen molar-refractivity contribution in [3.8, 4) is 0 Å². The molecular weight excluding hydrogens is 268 g/mol. The molecule has 6 heteroatoms. The van der Waals surface area contributed by atoms with Gasteiger partial charge < -0.3 is 5.11 Å². The Kier molecular flexibility index (Phi) is 4.39. The van der Waals surface area contributed by atoms with Crippen molar-refractivity contribution in [2.45, 2.75) is 26.0 Å². The first-order chi connectivity index (χ1) is 8.99. The van der Waals surface area contributed by atoms with Gasteiger partial charge in [0, 0.05) is 19.2 Å². The highest BCUT2D eigenvalue weighted by Crippen LogP contribution is 2.30. The van der Waals surface area contributed by atoms with Crippen LogP contribution in [0.5, 0.6) is 0 Å². The van der Waals surface area contributed by atoms with Gasteiger partial charge in [-0.05, 0) is 31.9 Å². The SMILES string of the molecule is CC(O)C1CCN(Cc2c(Cl)cccc2[N+](=O)[O-])C1. The highest BCUT2D eigenvalue weighted by molar-refractivity contribution is 6.31. The van der Waals surface area contributed by atoms with Crippen LogP contribution >= 0.6 is 11.6 Å². The number of nitrogens with zero attached hydrogens (tertiary/aromatic N) is 2. The Morgan fingerprint density at radius 3 is 2.95 bits per heavy atom. The Labute approximate surface area is 116 Å². The van der Waals surface area contributed by atoms with E-state index in [4.69, 9.17) is 11.6 Å². The summed E-state index contributed by atoms with van der Waals surface area (Å²) in [5.74, 6) is 0.238. The fraction of sp³-hybridized carbons (Fsp3) is 0.538. The number of aliphatic hydroxyl groups is 1. The van der Waals surface area contributed by atoms with Crippen LogP contribution in [0.2, 0.25) is 5.02 Å². The second-order valence-electron chi connectivity index (χ2n) is 5.02. The molecule has 1 heterocycles. The summed E-state index contributed by atoms with van der Waals surface area (Å²) in [4.78, 5) is 12.7. The number of likely N-dealkylation sites (tertiary alicyclic amines) is 1. The Balaban J connectivity index is 2.14. The van der Waals surface area contributed by atoms with Gasteiger partial charge in [0.25, 0.3) is 5.69 Å². The van der Waals surface area contributed by atoms with Crippen molar-refractivity contribution < 1.29 is 10.0 Å². The number of halogens is 1. The van der Waals surface area contributed by atoms with Crippen molar-refractivity contribution in [2.24, 2.45) is 5.92 Å². The summed E-state index contributed by atoms with van der Waals surface area (Å²) in [6, 6.07) is 4.74. The molecule has 1 N–H and O–H groups in total. The molecule has 1 aliphatic heterocycles. The van der Waals surface area contributed by atoms with Crippen molar-refractivity contribution >= 4 is 17.3 Å². The topological polar surface area (TPSA) is 66.6 Å². The van der Waals surface area contributed by atoms with E-state index in [0.717, 1.165) is 19.5 Å². The van der Waals surface area contributed by atoms with Crippen LogP contribution in [-0.4, -0.2) is 34.1 Å². The van der Waals surface area contributed by atoms with Crippen LogP contribution < -0.4 is 0 Å². The third-order valence-electron chi connectivity index (χ3n) is 3.66. The van der Waals surface area contributed by atoms with Crippen LogP contribution in [0.25, 0.3) is 0 Å². The first kappa shape index (κ1) is 14.2. The maximum atomic E-state index is 11.0. The Morgan fingerprint density at radius 1 is 1.63 bits per heavy atom. The Morgan fingerprint density at radius 2 is 2.37 bits per heavy atom. The number of rotatable bonds is 4. The smallest absolute Gasteiger partial charge is 0.275 e. The van der Waals surface area contributed by atoms with Gasteiger partial charge in [-0.2, -0.15) is 0 Å². The number of hydrogen-bond acceptors (Lipinski definition) is 4. The minimum atomic E-state index is -0.399. The molecule has 0 radical (unpaired) electrons. The summed E-state index contributed by atoms with van der Waals surface area (Å²) >= 11 is 6.07. The average molecular weight is 285 g/mol. The van der Waals surface area contributed by atoms with E-state index in [1.807, 2.05) is 0 Å². The van der Waals surface area contributed by atoms with Gasteiger partial charge in [0.1, 0.15) is 0 Å². The lowest BCUT2D eigenvalue weighted by molar-refractivity contribution is -0.385. The second kappa shape index (κ2) is 5.86. The van der Waals surface area contributed by atoms with E-state index >= 15 is 0 Å². The first-order valence-electron chi connectivity index (χ1n) is 6.31. The van der Waals surface area contributed by atoms with Crippen LogP contribution in [0.1, 0.15) is 18.9 Å². The second-order valence-corrected chi connectivity index (χ2v) is 5.43. The molecule has 0 spiro atoms. The lowest BCUT2D eigenvalue weighted by atomic mass is 10.0. The molecule has 1 saturated heterocycles. The standard InChI is InChI=1S/C13H17ClN2O3/c1-9(17)10-5-6-15(7-10)8-11-12(14)3-2-4-13(11)16(18)19/h2-4,9-10,17H,5-8H2,1H3. The minimum absolute atomic E-state index is 0.0630. The fourth-order valence-corrected chi connectivity index (χ4v) is 2.73. The zero-order chi connectivity index (χ0) is 14.0. The summed E-state index contributed by atoms with van der Waals surface area (Å²) < 4.78 is 0. The molecule has 2 atom stereocenters. The van der Waals surface area contributed by atoms with Crippen LogP contribution in [0.4, 0.5) is 5.69 Å². The Bertz CT molecular complexity index is 479. The molecule has 1 fully saturated rings. The summed E-state index contributed by atoms with van der Waals surface area (Å²) in [7, 11) is 0. The average Bonchev–Trinajstić information content (AvgIpc) is 2.80. The molecule has 0 bridgehead atoms. The first-order valence-corrected chi connectivity index (χ1v) is 6.69. The van der Waals surface area contributed by atoms with Crippen LogP contribution in [0, 0.1) is 16.0 Å². The molecule has 1 aromatic rings. The molecule has 1 aromatic carbocycles. The number of aliphatic hydroxyl groups excluding tert-OH is 1. The minimum Gasteiger partial charge on any atom is -0.393 e. The van der Waals surface area contributed by atoms with Crippen molar-refractivity contribution in [1.82, 2.24) is 4.90 Å². The molecule has 104 valence electrons. The molecule has 0 aliphatic carbocycles. The van der Waals surface area contributed by atoms with Crippen molar-refractivity contribution in [3.05, 3.63) is 38.9 Å². The molecule has 0 saturated carbocycles. The van der Waals surface area contributed by atoms with Gasteiger partial charge in [0.2, 0.25) is 0 Å². The third-order valence-corrected chi connectivity index (χ3v) is 4.02. The third kappa shape index (κ3) is 3.23. The summed E-state index contributed by atoms with van der Waals surface area (Å²) in [5, 5.41) is 21.0. The zero-order valence-electron chi connectivity index (χ0n) is 10.8. The van der Waals surface area contributed by atoms with E-state index < -0.39 is 4.92 Å². The maximum absolute atomic E-state index is 11.0. The van der Waals surface area contributed by atoms with Crippen molar-refractivity contribution in [3.63, 3.8) is 0 Å². The van der Waals surface area contributed by atoms with E-state index in [1.54, 1.807) is 19.1 Å². The van der Waals surface area contributed by atoms with Crippen LogP contribution in [-0.2, 0) is 6.54 Å². The monoisotopic (exact) mass is 284 g/mol. The molecular formula is C13H17ClN2O3. The molecule has 19 heavy (non-hydrogen) atoms. The van der Waals surface area contributed by atoms with E-state index in [1.165, 1.54) is 6.07 Å². The summed E-state index contributed by atoms with van der Waals surface area (Å²) in [6.45, 7) is 3.82. The number of nitro benzene ring substituents is 1. The summed E-state index contributed by atoms with van der Waals surface area (Å²) in [6.07, 6.45) is 0.571. The van der Waals surface area contributed by atoms with Gasteiger partial charge >= 0.3 is 0 Å². The van der Waals surface area contributed by atoms with E-state index in [9.17, 15) is 15.2 Å². The normalized spacial score (nSPS) is 21.5. The van der Waals surface area contributed by atoms with Crippen LogP contribution in [0.15, 0.2) is 18.2 Å². The van der Waals surface area contributed by atoms with Crippen LogP contribution in [0.3, 0.4) is 0 Å². The maximum Gasteiger partial charge on any atom is 0.275 e. The largest absolute Gasteiger partial charge is 0.393 e. The highest BCUT2D eigenvalue weighted by atomic mass is 35.5. The van der Waals surface area contributed by atoms with Crippen molar-refractivity contribution in [1.29, 1.82) is 0 Å². The van der Waals surface area contributed by atoms with Gasteiger partial charge in [-0.1, -0.05) is 17.7 Å². The van der Waals surface area contributed by atoms with Gasteiger partial charge in [-0.3, -0.25) is 15.0 Å². The van der Waals surface area contributed by atoms with E-state index in [0.29, 0.717) is 17.1 Å². The van der Waals surface area contributed by atoms with Gasteiger partial charge in [-0.15, -0.1) is 0 Å². The quantitative estimate of drug-likeness (QED) is 0.681. The van der Waals surface area contributed by atoms with Crippen molar-refractivity contribution in [2.75, 3.05) is 13.1 Å². The van der Waals surface area contributed by atoms with Gasteiger partial charge in [0.05, 0.1) is 21.6 Å². The highest BCUT2D eigenvalue weighted by Gasteiger charge is 2.28. The van der Waals surface area contributed by atoms with Gasteiger partial charge in [0.15, 0.2) is 0 Å². The number of nitro groups is 1. The molecule has 0 amide bonds. The Hall–Kier alpha value is -1.17. The molecule has 0 aromatic heterocycles. The molecule has 5 nitrogen and oxygen atoms in total. The molecule has 1 aliphatic rings.